The molecule has 0 N–H and O–H groups in total. The number of carbonyl (C=O) groups is 3. The SMILES string of the molecule is CC/C=C\C/C=C\C/C=C\C/C=C\CCCCCCCCCCCCCCCCCCCCCCCCC(=O)OC(COC(=O)CCCCCCCCCCCCCCCC/C=C\C/C=C\C/C=C\C/C=C\CC)COC(OCC[N+](C)(C)C)C(=O)[O-]. The summed E-state index contributed by atoms with van der Waals surface area (Å²) in [5.74, 6) is -2.27. The first-order chi connectivity index (χ1) is 42.6. The molecule has 9 heteroatoms. The monoisotopic (exact) mass is 1220 g/mol. The van der Waals surface area contributed by atoms with E-state index in [4.69, 9.17) is 18.9 Å². The summed E-state index contributed by atoms with van der Waals surface area (Å²) < 4.78 is 22.8. The first-order valence-electron chi connectivity index (χ1n) is 36.4. The molecule has 0 fully saturated rings. The van der Waals surface area contributed by atoms with E-state index < -0.39 is 24.3 Å². The van der Waals surface area contributed by atoms with Crippen LogP contribution in [-0.4, -0.2) is 82.3 Å². The molecule has 2 unspecified atom stereocenters. The van der Waals surface area contributed by atoms with Gasteiger partial charge in [-0.25, -0.2) is 0 Å². The lowest BCUT2D eigenvalue weighted by Crippen LogP contribution is -2.44. The average molecular weight is 1220 g/mol. The van der Waals surface area contributed by atoms with Crippen LogP contribution in [0.1, 0.15) is 322 Å². The van der Waals surface area contributed by atoms with Crippen molar-refractivity contribution < 1.29 is 42.9 Å². The zero-order valence-corrected chi connectivity index (χ0v) is 57.4. The highest BCUT2D eigenvalue weighted by Gasteiger charge is 2.22. The quantitative estimate of drug-likeness (QED) is 0.0195. The van der Waals surface area contributed by atoms with Gasteiger partial charge in [-0.15, -0.1) is 0 Å². The first-order valence-corrected chi connectivity index (χ1v) is 36.4. The van der Waals surface area contributed by atoms with Crippen LogP contribution in [0.4, 0.5) is 0 Å². The Bertz CT molecular complexity index is 1750. The minimum Gasteiger partial charge on any atom is -0.545 e. The summed E-state index contributed by atoms with van der Waals surface area (Å²) in [5, 5.41) is 11.8. The number of quaternary nitrogens is 1. The number of carboxylic acids is 1. The maximum atomic E-state index is 13.0. The van der Waals surface area contributed by atoms with Gasteiger partial charge in [0.05, 0.1) is 40.3 Å². The molecule has 502 valence electrons. The van der Waals surface area contributed by atoms with Crippen molar-refractivity contribution in [3.8, 4) is 0 Å². The van der Waals surface area contributed by atoms with E-state index in [2.05, 4.69) is 111 Å². The van der Waals surface area contributed by atoms with Gasteiger partial charge in [-0.3, -0.25) is 9.59 Å². The maximum absolute atomic E-state index is 13.0. The molecule has 0 saturated heterocycles. The first kappa shape index (κ1) is 83.2. The Hall–Kier alpha value is -3.79. The molecule has 0 amide bonds. The molecule has 87 heavy (non-hydrogen) atoms. The van der Waals surface area contributed by atoms with Gasteiger partial charge < -0.3 is 33.3 Å². The zero-order chi connectivity index (χ0) is 63.3. The smallest absolute Gasteiger partial charge is 0.306 e. The molecule has 0 spiro atoms. The second kappa shape index (κ2) is 68.1. The van der Waals surface area contributed by atoms with Gasteiger partial charge >= 0.3 is 11.9 Å². The number of carbonyl (C=O) groups excluding carboxylic acids is 3. The van der Waals surface area contributed by atoms with Gasteiger partial charge in [0.1, 0.15) is 13.2 Å². The second-order valence-electron chi connectivity index (χ2n) is 25.5. The predicted octanol–water partition coefficient (Wildman–Crippen LogP) is 21.5. The fourth-order valence-electron chi connectivity index (χ4n) is 10.3. The number of unbranched alkanes of at least 4 members (excludes halogenated alkanes) is 36. The summed E-state index contributed by atoms with van der Waals surface area (Å²) in [6.45, 7) is 4.56. The normalized spacial score (nSPS) is 13.3. The predicted molar refractivity (Wildman–Crippen MR) is 371 cm³/mol. The minimum absolute atomic E-state index is 0.147. The highest BCUT2D eigenvalue weighted by Crippen LogP contribution is 2.18. The summed E-state index contributed by atoms with van der Waals surface area (Å²) in [6, 6.07) is 0. The van der Waals surface area contributed by atoms with E-state index in [0.29, 0.717) is 23.9 Å². The van der Waals surface area contributed by atoms with Gasteiger partial charge in [0.15, 0.2) is 12.4 Å². The minimum atomic E-state index is -1.62. The molecule has 0 aliphatic heterocycles. The molecular formula is C78H137NO8. The van der Waals surface area contributed by atoms with E-state index in [1.165, 1.54) is 205 Å². The van der Waals surface area contributed by atoms with Crippen LogP contribution in [0.15, 0.2) is 97.2 Å². The molecule has 0 bridgehead atoms. The van der Waals surface area contributed by atoms with Crippen molar-refractivity contribution in [1.29, 1.82) is 0 Å². The Morgan fingerprint density at radius 2 is 0.621 bits per heavy atom. The van der Waals surface area contributed by atoms with Gasteiger partial charge in [0.2, 0.25) is 0 Å². The topological polar surface area (TPSA) is 111 Å². The van der Waals surface area contributed by atoms with E-state index >= 15 is 0 Å². The Morgan fingerprint density at radius 1 is 0.345 bits per heavy atom. The number of aliphatic carboxylic acids is 1. The molecule has 0 aliphatic rings. The molecule has 0 heterocycles. The van der Waals surface area contributed by atoms with Crippen molar-refractivity contribution in [2.75, 3.05) is 47.5 Å². The van der Waals surface area contributed by atoms with Gasteiger partial charge in [0, 0.05) is 12.8 Å². The third-order valence-corrected chi connectivity index (χ3v) is 15.8. The lowest BCUT2D eigenvalue weighted by molar-refractivity contribution is -0.870. The van der Waals surface area contributed by atoms with Gasteiger partial charge in [-0.2, -0.15) is 0 Å². The lowest BCUT2D eigenvalue weighted by Gasteiger charge is -2.26. The Labute approximate surface area is 537 Å². The summed E-state index contributed by atoms with van der Waals surface area (Å²) in [6.07, 6.45) is 90.7. The highest BCUT2D eigenvalue weighted by molar-refractivity contribution is 5.70. The molecule has 0 rings (SSSR count). The standard InChI is InChI=1S/C78H137NO8/c1-6-8-10-12-14-16-18-20-22-24-26-28-30-32-34-35-36-37-38-39-40-41-43-45-47-49-51-53-55-57-59-61-63-65-67-69-76(81)87-74(73-86-78(77(82)83)84-71-70-79(3,4)5)72-85-75(80)68-66-64-62-60-58-56-54-52-50-48-46-44-42-33-31-29-27-25-23-21-19-17-15-13-11-9-7-2/h8-11,14-17,20-23,26-29,74,78H,6-7,12-13,18-19,24-25,30-73H2,1-5H3/b10-8-,11-9-,16-14-,17-15-,22-20-,23-21-,28-26-,29-27-. The van der Waals surface area contributed by atoms with Crippen LogP contribution in [0.2, 0.25) is 0 Å². The van der Waals surface area contributed by atoms with Crippen molar-refractivity contribution in [1.82, 2.24) is 0 Å². The van der Waals surface area contributed by atoms with Crippen LogP contribution >= 0.6 is 0 Å². The number of nitrogens with zero attached hydrogens (tertiary/aromatic N) is 1. The van der Waals surface area contributed by atoms with Crippen LogP contribution in [0.3, 0.4) is 0 Å². The van der Waals surface area contributed by atoms with Crippen LogP contribution in [0, 0.1) is 0 Å². The van der Waals surface area contributed by atoms with Crippen LogP contribution < -0.4 is 5.11 Å². The largest absolute Gasteiger partial charge is 0.545 e. The Balaban J connectivity index is 4.05. The summed E-state index contributed by atoms with van der Waals surface area (Å²) >= 11 is 0. The van der Waals surface area contributed by atoms with Crippen molar-refractivity contribution in [3.63, 3.8) is 0 Å². The van der Waals surface area contributed by atoms with Crippen LogP contribution in [0.25, 0.3) is 0 Å². The number of hydrogen-bond acceptors (Lipinski definition) is 8. The number of allylic oxidation sites excluding steroid dienone is 16. The zero-order valence-electron chi connectivity index (χ0n) is 57.4. The number of ether oxygens (including phenoxy) is 4. The lowest BCUT2D eigenvalue weighted by atomic mass is 10.0. The Kier molecular flexibility index (Phi) is 65.2. The number of rotatable bonds is 67. The number of likely N-dealkylation sites (N-methyl/N-ethyl adjacent to an activating group) is 1. The molecule has 0 saturated carbocycles. The van der Waals surface area contributed by atoms with Crippen LogP contribution in [-0.2, 0) is 33.3 Å². The fourth-order valence-corrected chi connectivity index (χ4v) is 10.3. The van der Waals surface area contributed by atoms with Crippen molar-refractivity contribution in [3.05, 3.63) is 97.2 Å². The molecule has 0 aromatic heterocycles. The molecule has 0 aromatic carbocycles. The molecular weight excluding hydrogens is 1080 g/mol. The summed E-state index contributed by atoms with van der Waals surface area (Å²) in [4.78, 5) is 37.5. The highest BCUT2D eigenvalue weighted by atomic mass is 16.7. The third-order valence-electron chi connectivity index (χ3n) is 15.8. The number of hydrogen-bond donors (Lipinski definition) is 0. The number of esters is 2. The number of carboxylic acid groups (broad SMARTS) is 1. The fraction of sp³-hybridized carbons (Fsp3) is 0.756. The molecule has 2 atom stereocenters. The van der Waals surface area contributed by atoms with Gasteiger partial charge in [-0.1, -0.05) is 317 Å². The molecule has 0 radical (unpaired) electrons. The van der Waals surface area contributed by atoms with E-state index in [1.54, 1.807) is 0 Å². The van der Waals surface area contributed by atoms with Gasteiger partial charge in [0.25, 0.3) is 0 Å². The molecule has 0 aromatic rings. The average Bonchev–Trinajstić information content (AvgIpc) is 3.56. The van der Waals surface area contributed by atoms with E-state index in [-0.39, 0.29) is 32.2 Å². The van der Waals surface area contributed by atoms with E-state index in [1.807, 2.05) is 21.1 Å². The molecule has 0 aliphatic carbocycles. The summed E-state index contributed by atoms with van der Waals surface area (Å²) in [5.41, 5.74) is 0. The Morgan fingerprint density at radius 3 is 0.920 bits per heavy atom. The maximum Gasteiger partial charge on any atom is 0.306 e. The van der Waals surface area contributed by atoms with Crippen LogP contribution in [0.5, 0.6) is 0 Å². The second-order valence-corrected chi connectivity index (χ2v) is 25.5. The van der Waals surface area contributed by atoms with E-state index in [0.717, 1.165) is 83.5 Å². The summed E-state index contributed by atoms with van der Waals surface area (Å²) in [7, 11) is 5.94. The van der Waals surface area contributed by atoms with Crippen molar-refractivity contribution in [2.45, 2.75) is 334 Å². The van der Waals surface area contributed by atoms with Crippen molar-refractivity contribution >= 4 is 17.9 Å². The molecule has 9 nitrogen and oxygen atoms in total. The van der Waals surface area contributed by atoms with E-state index in [9.17, 15) is 19.5 Å². The van der Waals surface area contributed by atoms with Crippen molar-refractivity contribution in [2.24, 2.45) is 0 Å². The third kappa shape index (κ3) is 69.5. The van der Waals surface area contributed by atoms with Gasteiger partial charge in [-0.05, 0) is 89.9 Å².